The number of benzene rings is 1. The van der Waals surface area contributed by atoms with Gasteiger partial charge < -0.3 is 10.4 Å². The van der Waals surface area contributed by atoms with Crippen molar-refractivity contribution in [2.75, 3.05) is 25.3 Å². The number of guanidine groups is 1. The van der Waals surface area contributed by atoms with Crippen LogP contribution in [-0.2, 0) is 0 Å². The van der Waals surface area contributed by atoms with E-state index in [2.05, 4.69) is 56.5 Å². The Morgan fingerprint density at radius 1 is 1.20 bits per heavy atom. The number of aliphatic hydroxyl groups is 1. The van der Waals surface area contributed by atoms with Gasteiger partial charge in [0.1, 0.15) is 0 Å². The third-order valence-corrected chi connectivity index (χ3v) is 4.81. The fourth-order valence-corrected chi connectivity index (χ4v) is 2.72. The summed E-state index contributed by atoms with van der Waals surface area (Å²) in [7, 11) is 0. The molecular weight excluding hydrogens is 316 g/mol. The molecule has 0 saturated heterocycles. The number of aryl methyl sites for hydroxylation is 3. The molecule has 2 aromatic rings. The smallest absolute Gasteiger partial charge is 0.230 e. The number of aliphatic imine (C=N–C) groups is 1. The van der Waals surface area contributed by atoms with Gasteiger partial charge in [0.05, 0.1) is 31.2 Å². The Hall–Kier alpha value is -2.25. The standard InChI is InChI=1S/C18H26N6O/c1-11-6-14-13(3)21-17(22-15(14)7-12(11)2)23-16-19-9-24(10-20-16)18(4,5)8-25/h6-7,25H,8-10H2,1-5H3,(H2,19,20,21,22,23). The van der Waals surface area contributed by atoms with Crippen LogP contribution in [0.4, 0.5) is 5.95 Å². The van der Waals surface area contributed by atoms with E-state index in [9.17, 15) is 5.11 Å². The lowest BCUT2D eigenvalue weighted by molar-refractivity contribution is 0.0532. The fraction of sp³-hybridized carbons (Fsp3) is 0.500. The molecule has 1 aliphatic heterocycles. The maximum Gasteiger partial charge on any atom is 0.230 e. The molecule has 25 heavy (non-hydrogen) atoms. The van der Waals surface area contributed by atoms with Gasteiger partial charge in [0.15, 0.2) is 0 Å². The Labute approximate surface area is 148 Å². The number of rotatable bonds is 3. The topological polar surface area (TPSA) is 85.7 Å². The van der Waals surface area contributed by atoms with E-state index in [1.54, 1.807) is 0 Å². The van der Waals surface area contributed by atoms with Crippen LogP contribution >= 0.6 is 0 Å². The van der Waals surface area contributed by atoms with Crippen LogP contribution in [0, 0.1) is 20.8 Å². The van der Waals surface area contributed by atoms with Gasteiger partial charge in [-0.3, -0.25) is 10.2 Å². The molecule has 0 radical (unpaired) electrons. The van der Waals surface area contributed by atoms with Gasteiger partial charge in [-0.15, -0.1) is 0 Å². The van der Waals surface area contributed by atoms with Gasteiger partial charge in [-0.05, 0) is 57.9 Å². The first kappa shape index (κ1) is 17.6. The Kier molecular flexibility index (Phi) is 4.62. The van der Waals surface area contributed by atoms with Crippen LogP contribution in [0.25, 0.3) is 10.9 Å². The number of aliphatic hydroxyl groups excluding tert-OH is 1. The fourth-order valence-electron chi connectivity index (χ4n) is 2.72. The van der Waals surface area contributed by atoms with Crippen molar-refractivity contribution in [3.63, 3.8) is 0 Å². The minimum atomic E-state index is -0.312. The maximum absolute atomic E-state index is 9.47. The van der Waals surface area contributed by atoms with Gasteiger partial charge in [-0.25, -0.2) is 15.0 Å². The summed E-state index contributed by atoms with van der Waals surface area (Å²) in [6, 6.07) is 4.22. The molecule has 0 saturated carbocycles. The third-order valence-electron chi connectivity index (χ3n) is 4.81. The van der Waals surface area contributed by atoms with Crippen LogP contribution in [0.2, 0.25) is 0 Å². The van der Waals surface area contributed by atoms with Crippen LogP contribution < -0.4 is 10.6 Å². The Morgan fingerprint density at radius 2 is 1.92 bits per heavy atom. The summed E-state index contributed by atoms with van der Waals surface area (Å²) in [6.07, 6.45) is 0. The summed E-state index contributed by atoms with van der Waals surface area (Å²) >= 11 is 0. The molecule has 7 nitrogen and oxygen atoms in total. The zero-order chi connectivity index (χ0) is 18.2. The average Bonchev–Trinajstić information content (AvgIpc) is 2.57. The monoisotopic (exact) mass is 342 g/mol. The van der Waals surface area contributed by atoms with Crippen molar-refractivity contribution in [2.24, 2.45) is 4.99 Å². The second-order valence-electron chi connectivity index (χ2n) is 7.20. The van der Waals surface area contributed by atoms with E-state index >= 15 is 0 Å². The van der Waals surface area contributed by atoms with Gasteiger partial charge in [0.25, 0.3) is 0 Å². The van der Waals surface area contributed by atoms with Crippen LogP contribution in [0.1, 0.15) is 30.7 Å². The van der Waals surface area contributed by atoms with Crippen LogP contribution in [0.5, 0.6) is 0 Å². The zero-order valence-corrected chi connectivity index (χ0v) is 15.5. The number of hydrogen-bond donors (Lipinski definition) is 3. The van der Waals surface area contributed by atoms with E-state index in [-0.39, 0.29) is 12.1 Å². The van der Waals surface area contributed by atoms with Crippen molar-refractivity contribution in [3.8, 4) is 0 Å². The van der Waals surface area contributed by atoms with Gasteiger partial charge in [-0.1, -0.05) is 0 Å². The van der Waals surface area contributed by atoms with E-state index in [1.807, 2.05) is 20.8 Å². The SMILES string of the molecule is Cc1cc2nc(NC3=NCN(C(C)(C)CO)CN3)nc(C)c2cc1C. The van der Waals surface area contributed by atoms with Crippen molar-refractivity contribution < 1.29 is 5.11 Å². The zero-order valence-electron chi connectivity index (χ0n) is 15.5. The van der Waals surface area contributed by atoms with Gasteiger partial charge in [0.2, 0.25) is 11.9 Å². The quantitative estimate of drug-likeness (QED) is 0.790. The van der Waals surface area contributed by atoms with E-state index in [4.69, 9.17) is 0 Å². The van der Waals surface area contributed by atoms with E-state index in [0.717, 1.165) is 16.6 Å². The summed E-state index contributed by atoms with van der Waals surface area (Å²) < 4.78 is 0. The van der Waals surface area contributed by atoms with E-state index < -0.39 is 0 Å². The lowest BCUT2D eigenvalue weighted by atomic mass is 10.1. The molecule has 134 valence electrons. The van der Waals surface area contributed by atoms with Crippen molar-refractivity contribution in [1.29, 1.82) is 0 Å². The summed E-state index contributed by atoms with van der Waals surface area (Å²) in [6.45, 7) is 11.3. The first-order valence-electron chi connectivity index (χ1n) is 8.47. The van der Waals surface area contributed by atoms with Crippen LogP contribution in [-0.4, -0.2) is 51.4 Å². The Morgan fingerprint density at radius 3 is 2.56 bits per heavy atom. The predicted octanol–water partition coefficient (Wildman–Crippen LogP) is 1.91. The third kappa shape index (κ3) is 3.57. The highest BCUT2D eigenvalue weighted by Crippen LogP contribution is 2.21. The molecule has 1 aromatic heterocycles. The largest absolute Gasteiger partial charge is 0.394 e. The van der Waals surface area contributed by atoms with Crippen LogP contribution in [0.15, 0.2) is 17.1 Å². The van der Waals surface area contributed by atoms with Gasteiger partial charge in [0, 0.05) is 10.9 Å². The summed E-state index contributed by atoms with van der Waals surface area (Å²) in [4.78, 5) is 15.7. The minimum absolute atomic E-state index is 0.0821. The first-order valence-corrected chi connectivity index (χ1v) is 8.47. The average molecular weight is 342 g/mol. The first-order chi connectivity index (χ1) is 11.8. The number of fused-ring (bicyclic) bond motifs is 1. The number of nitrogens with zero attached hydrogens (tertiary/aromatic N) is 4. The van der Waals surface area contributed by atoms with E-state index in [0.29, 0.717) is 25.2 Å². The number of hydrogen-bond acceptors (Lipinski definition) is 7. The molecule has 0 fully saturated rings. The molecule has 0 spiro atoms. The molecule has 0 amide bonds. The number of aromatic nitrogens is 2. The Balaban J connectivity index is 1.81. The highest BCUT2D eigenvalue weighted by molar-refractivity contribution is 5.93. The molecule has 3 N–H and O–H groups in total. The summed E-state index contributed by atoms with van der Waals surface area (Å²) in [5.74, 6) is 1.18. The molecule has 1 aliphatic rings. The minimum Gasteiger partial charge on any atom is -0.394 e. The molecule has 3 rings (SSSR count). The predicted molar refractivity (Wildman–Crippen MR) is 101 cm³/mol. The molecule has 7 heteroatoms. The van der Waals surface area contributed by atoms with Gasteiger partial charge >= 0.3 is 0 Å². The second-order valence-corrected chi connectivity index (χ2v) is 7.20. The Bertz CT molecular complexity index is 830. The van der Waals surface area contributed by atoms with Crippen molar-refractivity contribution in [2.45, 2.75) is 40.2 Å². The molecule has 0 aliphatic carbocycles. The molecule has 0 unspecified atom stereocenters. The van der Waals surface area contributed by atoms with Gasteiger partial charge in [-0.2, -0.15) is 0 Å². The van der Waals surface area contributed by atoms with Crippen LogP contribution in [0.3, 0.4) is 0 Å². The number of anilines is 1. The highest BCUT2D eigenvalue weighted by atomic mass is 16.3. The maximum atomic E-state index is 9.47. The lowest BCUT2D eigenvalue weighted by Gasteiger charge is -2.38. The van der Waals surface area contributed by atoms with Crippen molar-refractivity contribution in [3.05, 3.63) is 29.0 Å². The molecular formula is C18H26N6O. The lowest BCUT2D eigenvalue weighted by Crippen LogP contribution is -2.55. The van der Waals surface area contributed by atoms with Crippen molar-refractivity contribution >= 4 is 22.8 Å². The number of nitrogens with one attached hydrogen (secondary N) is 2. The molecule has 2 heterocycles. The molecule has 0 bridgehead atoms. The highest BCUT2D eigenvalue weighted by Gasteiger charge is 2.27. The second kappa shape index (κ2) is 6.57. The summed E-state index contributed by atoms with van der Waals surface area (Å²) in [5, 5.41) is 16.9. The van der Waals surface area contributed by atoms with E-state index in [1.165, 1.54) is 11.1 Å². The summed E-state index contributed by atoms with van der Waals surface area (Å²) in [5.41, 5.74) is 4.01. The molecule has 0 atom stereocenters. The molecule has 1 aromatic carbocycles. The van der Waals surface area contributed by atoms with Crippen molar-refractivity contribution in [1.82, 2.24) is 20.2 Å². The normalized spacial score (nSPS) is 15.8.